The molecule has 2 heterocycles. The van der Waals surface area contributed by atoms with E-state index in [-0.39, 0.29) is 5.12 Å². The van der Waals surface area contributed by atoms with E-state index < -0.39 is 0 Å². The standard InChI is InChI=1S/C17H11NOS/c19-17-13(10-11-6-2-1-3-7-11)15-12-8-4-5-9-14(12)18-16(15)20-17/h1-10,18H/b13-10-. The molecule has 4 rings (SSSR count). The van der Waals surface area contributed by atoms with Gasteiger partial charge in [0.25, 0.3) is 0 Å². The number of carbonyl (C=O) groups excluding carboxylic acids is 1. The summed E-state index contributed by atoms with van der Waals surface area (Å²) in [5.74, 6) is 0. The van der Waals surface area contributed by atoms with Crippen LogP contribution < -0.4 is 0 Å². The molecule has 3 heteroatoms. The number of hydrogen-bond donors (Lipinski definition) is 1. The molecule has 2 aromatic carbocycles. The Morgan fingerprint density at radius 3 is 2.55 bits per heavy atom. The minimum Gasteiger partial charge on any atom is -0.349 e. The predicted molar refractivity (Wildman–Crippen MR) is 83.5 cm³/mol. The van der Waals surface area contributed by atoms with E-state index in [2.05, 4.69) is 11.1 Å². The van der Waals surface area contributed by atoms with E-state index in [1.54, 1.807) is 0 Å². The zero-order valence-electron chi connectivity index (χ0n) is 10.6. The molecule has 0 radical (unpaired) electrons. The van der Waals surface area contributed by atoms with Crippen LogP contribution in [-0.4, -0.2) is 10.1 Å². The lowest BCUT2D eigenvalue weighted by molar-refractivity contribution is -0.106. The third-order valence-corrected chi connectivity index (χ3v) is 4.38. The van der Waals surface area contributed by atoms with Crippen molar-refractivity contribution in [3.8, 4) is 0 Å². The van der Waals surface area contributed by atoms with Crippen molar-refractivity contribution in [2.75, 3.05) is 0 Å². The summed E-state index contributed by atoms with van der Waals surface area (Å²) in [7, 11) is 0. The molecule has 0 saturated carbocycles. The number of carbonyl (C=O) groups is 1. The normalized spacial score (nSPS) is 16.0. The van der Waals surface area contributed by atoms with Crippen molar-refractivity contribution >= 4 is 39.4 Å². The van der Waals surface area contributed by atoms with E-state index in [1.165, 1.54) is 11.8 Å². The first-order valence-corrected chi connectivity index (χ1v) is 7.24. The summed E-state index contributed by atoms with van der Waals surface area (Å²) in [6, 6.07) is 18.1. The first-order valence-electron chi connectivity index (χ1n) is 6.43. The molecule has 0 unspecified atom stereocenters. The van der Waals surface area contributed by atoms with E-state index in [1.807, 2.05) is 54.6 Å². The van der Waals surface area contributed by atoms with Crippen LogP contribution in [0.1, 0.15) is 11.1 Å². The number of fused-ring (bicyclic) bond motifs is 3. The summed E-state index contributed by atoms with van der Waals surface area (Å²) in [6.45, 7) is 0. The molecular weight excluding hydrogens is 266 g/mol. The molecule has 0 saturated heterocycles. The van der Waals surface area contributed by atoms with Gasteiger partial charge in [-0.25, -0.2) is 0 Å². The summed E-state index contributed by atoms with van der Waals surface area (Å²) in [5.41, 5.74) is 3.96. The maximum atomic E-state index is 12.2. The molecule has 0 fully saturated rings. The molecule has 1 aliphatic heterocycles. The molecule has 1 N–H and O–H groups in total. The van der Waals surface area contributed by atoms with Crippen molar-refractivity contribution in [1.29, 1.82) is 0 Å². The van der Waals surface area contributed by atoms with Crippen LogP contribution in [-0.2, 0) is 4.79 Å². The number of hydrogen-bond acceptors (Lipinski definition) is 2. The Morgan fingerprint density at radius 2 is 1.70 bits per heavy atom. The number of para-hydroxylation sites is 1. The average molecular weight is 277 g/mol. The van der Waals surface area contributed by atoms with Gasteiger partial charge in [0.05, 0.1) is 5.03 Å². The second-order valence-corrected chi connectivity index (χ2v) is 5.72. The zero-order chi connectivity index (χ0) is 13.5. The Kier molecular flexibility index (Phi) is 2.54. The van der Waals surface area contributed by atoms with Gasteiger partial charge in [-0.2, -0.15) is 0 Å². The maximum absolute atomic E-state index is 12.2. The second-order valence-electron chi connectivity index (χ2n) is 4.73. The lowest BCUT2D eigenvalue weighted by atomic mass is 10.0. The molecule has 0 aliphatic carbocycles. The molecule has 0 spiro atoms. The van der Waals surface area contributed by atoms with Gasteiger partial charge in [0.15, 0.2) is 0 Å². The molecule has 20 heavy (non-hydrogen) atoms. The maximum Gasteiger partial charge on any atom is 0.226 e. The van der Waals surface area contributed by atoms with E-state index in [0.717, 1.165) is 32.6 Å². The van der Waals surface area contributed by atoms with Crippen molar-refractivity contribution in [3.63, 3.8) is 0 Å². The molecule has 2 nitrogen and oxygen atoms in total. The molecular formula is C17H11NOS. The van der Waals surface area contributed by atoms with Crippen LogP contribution in [0.2, 0.25) is 0 Å². The van der Waals surface area contributed by atoms with Crippen molar-refractivity contribution < 1.29 is 4.79 Å². The summed E-state index contributed by atoms with van der Waals surface area (Å²) >= 11 is 1.28. The third kappa shape index (κ3) is 1.71. The quantitative estimate of drug-likeness (QED) is 0.671. The van der Waals surface area contributed by atoms with Crippen LogP contribution in [0.4, 0.5) is 0 Å². The molecule has 0 atom stereocenters. The molecule has 3 aromatic rings. The van der Waals surface area contributed by atoms with Crippen molar-refractivity contribution in [2.24, 2.45) is 0 Å². The first-order chi connectivity index (χ1) is 9.83. The van der Waals surface area contributed by atoms with Gasteiger partial charge in [-0.1, -0.05) is 48.5 Å². The number of aromatic amines is 1. The fourth-order valence-corrected chi connectivity index (χ4v) is 3.50. The minimum absolute atomic E-state index is 0.112. The summed E-state index contributed by atoms with van der Waals surface area (Å²) in [6.07, 6.45) is 1.97. The molecule has 0 amide bonds. The lowest BCUT2D eigenvalue weighted by Crippen LogP contribution is -1.88. The molecule has 96 valence electrons. The highest BCUT2D eigenvalue weighted by molar-refractivity contribution is 8.15. The Morgan fingerprint density at radius 1 is 0.950 bits per heavy atom. The van der Waals surface area contributed by atoms with Gasteiger partial charge in [-0.15, -0.1) is 0 Å². The van der Waals surface area contributed by atoms with Crippen LogP contribution in [0.5, 0.6) is 0 Å². The second kappa shape index (κ2) is 4.39. The molecule has 0 bridgehead atoms. The highest BCUT2D eigenvalue weighted by atomic mass is 32.2. The van der Waals surface area contributed by atoms with Crippen molar-refractivity contribution in [2.45, 2.75) is 5.03 Å². The zero-order valence-corrected chi connectivity index (χ0v) is 11.4. The Hall–Kier alpha value is -2.26. The van der Waals surface area contributed by atoms with Crippen LogP contribution in [0.25, 0.3) is 22.6 Å². The smallest absolute Gasteiger partial charge is 0.226 e. The predicted octanol–water partition coefficient (Wildman–Crippen LogP) is 4.34. The van der Waals surface area contributed by atoms with Crippen molar-refractivity contribution in [3.05, 3.63) is 65.7 Å². The van der Waals surface area contributed by atoms with Gasteiger partial charge < -0.3 is 4.98 Å². The fourth-order valence-electron chi connectivity index (χ4n) is 2.56. The highest BCUT2D eigenvalue weighted by Gasteiger charge is 2.29. The fraction of sp³-hybridized carbons (Fsp3) is 0. The van der Waals surface area contributed by atoms with Crippen LogP contribution in [0, 0.1) is 0 Å². The van der Waals surface area contributed by atoms with Gasteiger partial charge >= 0.3 is 0 Å². The number of nitrogens with one attached hydrogen (secondary N) is 1. The minimum atomic E-state index is 0.112. The lowest BCUT2D eigenvalue weighted by Gasteiger charge is -1.99. The van der Waals surface area contributed by atoms with E-state index in [9.17, 15) is 4.79 Å². The Labute approximate surface area is 120 Å². The Balaban J connectivity index is 1.95. The van der Waals surface area contributed by atoms with Gasteiger partial charge in [0.2, 0.25) is 5.12 Å². The first kappa shape index (κ1) is 11.6. The van der Waals surface area contributed by atoms with Gasteiger partial charge in [-0.05, 0) is 29.5 Å². The highest BCUT2D eigenvalue weighted by Crippen LogP contribution is 2.44. The van der Waals surface area contributed by atoms with Gasteiger partial charge in [-0.3, -0.25) is 4.79 Å². The monoisotopic (exact) mass is 277 g/mol. The summed E-state index contributed by atoms with van der Waals surface area (Å²) in [5, 5.41) is 2.18. The average Bonchev–Trinajstić information content (AvgIpc) is 2.97. The molecule has 1 aliphatic rings. The van der Waals surface area contributed by atoms with Crippen molar-refractivity contribution in [1.82, 2.24) is 4.98 Å². The Bertz CT molecular complexity index is 846. The summed E-state index contributed by atoms with van der Waals surface area (Å²) < 4.78 is 0. The van der Waals surface area contributed by atoms with E-state index in [4.69, 9.17) is 0 Å². The number of rotatable bonds is 1. The van der Waals surface area contributed by atoms with E-state index >= 15 is 0 Å². The third-order valence-electron chi connectivity index (χ3n) is 3.47. The van der Waals surface area contributed by atoms with Crippen LogP contribution in [0.15, 0.2) is 59.6 Å². The molecule has 1 aromatic heterocycles. The number of thioether (sulfide) groups is 1. The number of H-pyrrole nitrogens is 1. The van der Waals surface area contributed by atoms with Crippen LogP contribution >= 0.6 is 11.8 Å². The van der Waals surface area contributed by atoms with Crippen LogP contribution in [0.3, 0.4) is 0 Å². The van der Waals surface area contributed by atoms with E-state index in [0.29, 0.717) is 0 Å². The summed E-state index contributed by atoms with van der Waals surface area (Å²) in [4.78, 5) is 15.5. The topological polar surface area (TPSA) is 32.9 Å². The van der Waals surface area contributed by atoms with Gasteiger partial charge in [0, 0.05) is 22.0 Å². The van der Waals surface area contributed by atoms with Gasteiger partial charge in [0.1, 0.15) is 0 Å². The largest absolute Gasteiger partial charge is 0.349 e. The number of benzene rings is 2. The SMILES string of the molecule is O=C1Sc2[nH]c3ccccc3c2/C1=C/c1ccccc1. The number of aromatic nitrogens is 1.